The van der Waals surface area contributed by atoms with Crippen molar-refractivity contribution >= 4 is 5.91 Å². The summed E-state index contributed by atoms with van der Waals surface area (Å²) in [6, 6.07) is 10.3. The van der Waals surface area contributed by atoms with E-state index in [0.29, 0.717) is 11.6 Å². The van der Waals surface area contributed by atoms with Crippen LogP contribution in [0.3, 0.4) is 0 Å². The Morgan fingerprint density at radius 1 is 1.21 bits per heavy atom. The van der Waals surface area contributed by atoms with Gasteiger partial charge < -0.3 is 9.42 Å². The highest BCUT2D eigenvalue weighted by molar-refractivity contribution is 5.92. The molecule has 1 aliphatic heterocycles. The molecule has 1 aromatic heterocycles. The molecule has 2 aliphatic rings. The van der Waals surface area contributed by atoms with Crippen LogP contribution in [0.5, 0.6) is 0 Å². The molecule has 1 saturated carbocycles. The predicted molar refractivity (Wildman–Crippen MR) is 90.8 cm³/mol. The van der Waals surface area contributed by atoms with Gasteiger partial charge in [0, 0.05) is 44.7 Å². The second kappa shape index (κ2) is 6.40. The maximum atomic E-state index is 12.6. The first-order chi connectivity index (χ1) is 11.7. The summed E-state index contributed by atoms with van der Waals surface area (Å²) in [6.45, 7) is 6.38. The topological polar surface area (TPSA) is 49.6 Å². The summed E-state index contributed by atoms with van der Waals surface area (Å²) in [4.78, 5) is 16.9. The quantitative estimate of drug-likeness (QED) is 0.867. The zero-order chi connectivity index (χ0) is 16.5. The number of rotatable bonds is 4. The van der Waals surface area contributed by atoms with E-state index in [2.05, 4.69) is 41.2 Å². The number of hydrogen-bond acceptors (Lipinski definition) is 4. The summed E-state index contributed by atoms with van der Waals surface area (Å²) in [5, 5.41) is 3.97. The smallest absolute Gasteiger partial charge is 0.276 e. The average Bonchev–Trinajstić information content (AvgIpc) is 3.34. The predicted octanol–water partition coefficient (Wildman–Crippen LogP) is 2.82. The minimum Gasteiger partial charge on any atom is -0.360 e. The van der Waals surface area contributed by atoms with Gasteiger partial charge in [-0.3, -0.25) is 9.69 Å². The summed E-state index contributed by atoms with van der Waals surface area (Å²) in [7, 11) is 0. The van der Waals surface area contributed by atoms with Crippen molar-refractivity contribution in [2.45, 2.75) is 32.2 Å². The number of carbonyl (C=O) groups is 1. The van der Waals surface area contributed by atoms with Crippen molar-refractivity contribution in [3.05, 3.63) is 52.9 Å². The Labute approximate surface area is 142 Å². The third-order valence-corrected chi connectivity index (χ3v) is 5.04. The van der Waals surface area contributed by atoms with Crippen LogP contribution in [0.25, 0.3) is 0 Å². The zero-order valence-electron chi connectivity index (χ0n) is 14.1. The third-order valence-electron chi connectivity index (χ3n) is 5.04. The summed E-state index contributed by atoms with van der Waals surface area (Å²) in [6.07, 6.45) is 2.31. The highest BCUT2D eigenvalue weighted by atomic mass is 16.5. The molecule has 1 aliphatic carbocycles. The van der Waals surface area contributed by atoms with Crippen LogP contribution in [0.2, 0.25) is 0 Å². The van der Waals surface area contributed by atoms with E-state index in [9.17, 15) is 4.79 Å². The molecule has 0 spiro atoms. The molecule has 126 valence electrons. The highest BCUT2D eigenvalue weighted by Gasteiger charge is 2.30. The molecule has 5 nitrogen and oxygen atoms in total. The van der Waals surface area contributed by atoms with Crippen molar-refractivity contribution in [1.29, 1.82) is 0 Å². The Kier molecular flexibility index (Phi) is 4.10. The monoisotopic (exact) mass is 325 g/mol. The van der Waals surface area contributed by atoms with Gasteiger partial charge in [0.25, 0.3) is 5.91 Å². The first-order valence-corrected chi connectivity index (χ1v) is 8.73. The first-order valence-electron chi connectivity index (χ1n) is 8.73. The number of aryl methyl sites for hydroxylation is 1. The summed E-state index contributed by atoms with van der Waals surface area (Å²) >= 11 is 0. The molecule has 1 amide bonds. The highest BCUT2D eigenvalue weighted by Crippen LogP contribution is 2.40. The standard InChI is InChI=1S/C19H23N3O2/c1-14-4-2-3-5-16(14)13-21-8-10-22(11-9-21)19(23)17-12-18(24-20-17)15-6-7-15/h2-5,12,15H,6-11,13H2,1H3. The van der Waals surface area contributed by atoms with Crippen molar-refractivity contribution in [2.24, 2.45) is 0 Å². The molecular weight excluding hydrogens is 302 g/mol. The van der Waals surface area contributed by atoms with Crippen LogP contribution >= 0.6 is 0 Å². The van der Waals surface area contributed by atoms with Crippen molar-refractivity contribution in [2.75, 3.05) is 26.2 Å². The van der Waals surface area contributed by atoms with E-state index in [-0.39, 0.29) is 5.91 Å². The lowest BCUT2D eigenvalue weighted by atomic mass is 10.1. The molecule has 0 unspecified atom stereocenters. The molecule has 4 rings (SSSR count). The number of benzene rings is 1. The number of piperazine rings is 1. The molecule has 0 N–H and O–H groups in total. The molecule has 0 bridgehead atoms. The van der Waals surface area contributed by atoms with E-state index in [1.54, 1.807) is 0 Å². The minimum absolute atomic E-state index is 0.00110. The van der Waals surface area contributed by atoms with Crippen LogP contribution in [0.1, 0.15) is 46.1 Å². The first kappa shape index (κ1) is 15.4. The second-order valence-electron chi connectivity index (χ2n) is 6.88. The van der Waals surface area contributed by atoms with Crippen LogP contribution < -0.4 is 0 Å². The van der Waals surface area contributed by atoms with Crippen molar-refractivity contribution in [3.63, 3.8) is 0 Å². The number of aromatic nitrogens is 1. The normalized spacial score (nSPS) is 18.8. The molecule has 0 radical (unpaired) electrons. The molecule has 24 heavy (non-hydrogen) atoms. The van der Waals surface area contributed by atoms with Crippen molar-refractivity contribution in [1.82, 2.24) is 15.0 Å². The summed E-state index contributed by atoms with van der Waals surface area (Å²) in [5.74, 6) is 1.36. The van der Waals surface area contributed by atoms with E-state index in [0.717, 1.165) is 51.3 Å². The Hall–Kier alpha value is -2.14. The molecule has 2 aromatic rings. The summed E-state index contributed by atoms with van der Waals surface area (Å²) < 4.78 is 5.31. The van der Waals surface area contributed by atoms with Gasteiger partial charge in [0.1, 0.15) is 5.76 Å². The maximum Gasteiger partial charge on any atom is 0.276 e. The molecule has 2 fully saturated rings. The van der Waals surface area contributed by atoms with Gasteiger partial charge in [-0.25, -0.2) is 0 Å². The van der Waals surface area contributed by atoms with Gasteiger partial charge in [-0.05, 0) is 30.9 Å². The van der Waals surface area contributed by atoms with E-state index < -0.39 is 0 Å². The lowest BCUT2D eigenvalue weighted by Gasteiger charge is -2.34. The van der Waals surface area contributed by atoms with E-state index >= 15 is 0 Å². The van der Waals surface area contributed by atoms with Crippen LogP contribution in [0.15, 0.2) is 34.9 Å². The molecule has 2 heterocycles. The van der Waals surface area contributed by atoms with Gasteiger partial charge in [-0.15, -0.1) is 0 Å². The third kappa shape index (κ3) is 3.22. The number of hydrogen-bond donors (Lipinski definition) is 0. The van der Waals surface area contributed by atoms with Gasteiger partial charge in [0.15, 0.2) is 5.69 Å². The van der Waals surface area contributed by atoms with Crippen LogP contribution in [0.4, 0.5) is 0 Å². The maximum absolute atomic E-state index is 12.6. The molecule has 0 atom stereocenters. The Morgan fingerprint density at radius 2 is 1.96 bits per heavy atom. The van der Waals surface area contributed by atoms with Crippen LogP contribution in [-0.4, -0.2) is 47.0 Å². The van der Waals surface area contributed by atoms with Crippen molar-refractivity contribution in [3.8, 4) is 0 Å². The minimum atomic E-state index is 0.00110. The zero-order valence-corrected chi connectivity index (χ0v) is 14.1. The molecule has 1 aromatic carbocycles. The van der Waals surface area contributed by atoms with E-state index in [1.165, 1.54) is 11.1 Å². The van der Waals surface area contributed by atoms with Gasteiger partial charge >= 0.3 is 0 Å². The lowest BCUT2D eigenvalue weighted by molar-refractivity contribution is 0.0618. The van der Waals surface area contributed by atoms with Gasteiger partial charge in [-0.2, -0.15) is 0 Å². The second-order valence-corrected chi connectivity index (χ2v) is 6.88. The number of nitrogens with zero attached hydrogens (tertiary/aromatic N) is 3. The average molecular weight is 325 g/mol. The van der Waals surface area contributed by atoms with Crippen LogP contribution in [0, 0.1) is 6.92 Å². The fourth-order valence-electron chi connectivity index (χ4n) is 3.25. The Bertz CT molecular complexity index is 728. The summed E-state index contributed by atoms with van der Waals surface area (Å²) in [5.41, 5.74) is 3.15. The van der Waals surface area contributed by atoms with Gasteiger partial charge in [0.05, 0.1) is 0 Å². The lowest BCUT2D eigenvalue weighted by Crippen LogP contribution is -2.48. The SMILES string of the molecule is Cc1ccccc1CN1CCN(C(=O)c2cc(C3CC3)on2)CC1. The molecule has 1 saturated heterocycles. The largest absolute Gasteiger partial charge is 0.360 e. The van der Waals surface area contributed by atoms with Gasteiger partial charge in [0.2, 0.25) is 0 Å². The number of carbonyl (C=O) groups excluding carboxylic acids is 1. The number of amides is 1. The molecule has 5 heteroatoms. The van der Waals surface area contributed by atoms with E-state index in [4.69, 9.17) is 4.52 Å². The fourth-order valence-corrected chi connectivity index (χ4v) is 3.25. The van der Waals surface area contributed by atoms with Gasteiger partial charge in [-0.1, -0.05) is 29.4 Å². The Morgan fingerprint density at radius 3 is 2.67 bits per heavy atom. The Balaban J connectivity index is 1.33. The van der Waals surface area contributed by atoms with E-state index in [1.807, 2.05) is 11.0 Å². The van der Waals surface area contributed by atoms with Crippen molar-refractivity contribution < 1.29 is 9.32 Å². The van der Waals surface area contributed by atoms with Crippen LogP contribution in [-0.2, 0) is 6.54 Å². The fraction of sp³-hybridized carbons (Fsp3) is 0.474. The molecular formula is C19H23N3O2.